The minimum Gasteiger partial charge on any atom is -0.351 e. The summed E-state index contributed by atoms with van der Waals surface area (Å²) in [6, 6.07) is 17.4. The number of aromatic nitrogens is 1. The van der Waals surface area contributed by atoms with Crippen LogP contribution in [0.5, 0.6) is 0 Å². The maximum Gasteiger partial charge on any atom is 0.277 e. The fourth-order valence-electron chi connectivity index (χ4n) is 4.44. The lowest BCUT2D eigenvalue weighted by Gasteiger charge is -2.34. The molecule has 1 atom stereocenters. The monoisotopic (exact) mass is 445 g/mol. The summed E-state index contributed by atoms with van der Waals surface area (Å²) in [5.74, 6) is -1.22. The molecule has 0 saturated heterocycles. The summed E-state index contributed by atoms with van der Waals surface area (Å²) in [4.78, 5) is 33.1. The number of nitrogens with zero attached hydrogens (tertiary/aromatic N) is 2. The zero-order valence-electron chi connectivity index (χ0n) is 18.7. The molecular weight excluding hydrogens is 417 g/mol. The van der Waals surface area contributed by atoms with E-state index in [0.717, 1.165) is 31.2 Å². The number of hydrogen-bond acceptors (Lipinski definition) is 3. The maximum absolute atomic E-state index is 14.3. The van der Waals surface area contributed by atoms with Gasteiger partial charge in [0.25, 0.3) is 5.91 Å². The fraction of sp³-hybridized carbons (Fsp3) is 0.296. The second-order valence-corrected chi connectivity index (χ2v) is 8.47. The van der Waals surface area contributed by atoms with Crippen molar-refractivity contribution in [2.75, 3.05) is 4.90 Å². The zero-order chi connectivity index (χ0) is 23.2. The first-order chi connectivity index (χ1) is 16.0. The van der Waals surface area contributed by atoms with Gasteiger partial charge in [0.1, 0.15) is 17.6 Å². The van der Waals surface area contributed by atoms with Crippen LogP contribution in [0.25, 0.3) is 0 Å². The largest absolute Gasteiger partial charge is 0.351 e. The van der Waals surface area contributed by atoms with Gasteiger partial charge in [0.2, 0.25) is 5.91 Å². The van der Waals surface area contributed by atoms with Crippen LogP contribution in [0, 0.1) is 12.7 Å². The summed E-state index contributed by atoms with van der Waals surface area (Å²) in [6.07, 6.45) is 6.67. The number of carbonyl (C=O) groups is 2. The molecule has 0 radical (unpaired) electrons. The predicted octanol–water partition coefficient (Wildman–Crippen LogP) is 5.37. The first-order valence-electron chi connectivity index (χ1n) is 11.4. The van der Waals surface area contributed by atoms with Crippen LogP contribution in [0.3, 0.4) is 0 Å². The normalized spacial score (nSPS) is 15.0. The van der Waals surface area contributed by atoms with Gasteiger partial charge in [0, 0.05) is 17.9 Å². The van der Waals surface area contributed by atoms with Gasteiger partial charge in [-0.15, -0.1) is 0 Å². The molecular formula is C27H28FN3O2. The summed E-state index contributed by atoms with van der Waals surface area (Å²) in [7, 11) is 0. The lowest BCUT2D eigenvalue weighted by molar-refractivity contribution is -0.123. The smallest absolute Gasteiger partial charge is 0.277 e. The van der Waals surface area contributed by atoms with E-state index in [1.165, 1.54) is 35.7 Å². The van der Waals surface area contributed by atoms with Gasteiger partial charge in [-0.2, -0.15) is 0 Å². The first kappa shape index (κ1) is 22.6. The fourth-order valence-corrected chi connectivity index (χ4v) is 4.44. The minimum absolute atomic E-state index is 0.0667. The van der Waals surface area contributed by atoms with E-state index < -0.39 is 17.8 Å². The van der Waals surface area contributed by atoms with Crippen molar-refractivity contribution < 1.29 is 14.0 Å². The highest BCUT2D eigenvalue weighted by Gasteiger charge is 2.36. The van der Waals surface area contributed by atoms with Gasteiger partial charge in [-0.1, -0.05) is 55.7 Å². The molecule has 3 aromatic rings. The third-order valence-corrected chi connectivity index (χ3v) is 6.13. The van der Waals surface area contributed by atoms with E-state index in [0.29, 0.717) is 11.3 Å². The number of rotatable bonds is 6. The van der Waals surface area contributed by atoms with E-state index in [9.17, 15) is 14.0 Å². The number of anilines is 1. The van der Waals surface area contributed by atoms with Gasteiger partial charge >= 0.3 is 0 Å². The predicted molar refractivity (Wildman–Crippen MR) is 126 cm³/mol. The van der Waals surface area contributed by atoms with Crippen LogP contribution in [-0.2, 0) is 4.79 Å². The highest BCUT2D eigenvalue weighted by Crippen LogP contribution is 2.32. The van der Waals surface area contributed by atoms with Crippen LogP contribution in [0.15, 0.2) is 72.9 Å². The molecule has 1 saturated carbocycles. The molecule has 4 rings (SSSR count). The van der Waals surface area contributed by atoms with Gasteiger partial charge in [-0.25, -0.2) is 4.39 Å². The van der Waals surface area contributed by atoms with Gasteiger partial charge in [0.05, 0.1) is 0 Å². The number of pyridine rings is 1. The molecule has 1 N–H and O–H groups in total. The molecule has 2 amide bonds. The molecule has 1 aliphatic rings. The average molecular weight is 446 g/mol. The summed E-state index contributed by atoms with van der Waals surface area (Å²) in [6.45, 7) is 1.91. The number of nitrogens with one attached hydrogen (secondary N) is 1. The second-order valence-electron chi connectivity index (χ2n) is 8.47. The Bertz CT molecular complexity index is 1110. The number of halogens is 1. The highest BCUT2D eigenvalue weighted by molar-refractivity contribution is 6.09. The van der Waals surface area contributed by atoms with Gasteiger partial charge in [-0.3, -0.25) is 19.5 Å². The molecule has 0 spiro atoms. The van der Waals surface area contributed by atoms with Crippen molar-refractivity contribution >= 4 is 17.5 Å². The van der Waals surface area contributed by atoms with E-state index in [4.69, 9.17) is 0 Å². The average Bonchev–Trinajstić information content (AvgIpc) is 2.84. The van der Waals surface area contributed by atoms with Crippen molar-refractivity contribution in [1.29, 1.82) is 0 Å². The van der Waals surface area contributed by atoms with Crippen molar-refractivity contribution in [3.05, 3.63) is 95.6 Å². The van der Waals surface area contributed by atoms with Crippen molar-refractivity contribution in [3.8, 4) is 0 Å². The Morgan fingerprint density at radius 2 is 1.76 bits per heavy atom. The quantitative estimate of drug-likeness (QED) is 0.555. The summed E-state index contributed by atoms with van der Waals surface area (Å²) >= 11 is 0. The van der Waals surface area contributed by atoms with Crippen LogP contribution in [0.4, 0.5) is 10.1 Å². The Morgan fingerprint density at radius 1 is 1.00 bits per heavy atom. The first-order valence-corrected chi connectivity index (χ1v) is 11.4. The van der Waals surface area contributed by atoms with Gasteiger partial charge in [-0.05, 0) is 61.2 Å². The molecule has 1 heterocycles. The van der Waals surface area contributed by atoms with Crippen LogP contribution < -0.4 is 10.2 Å². The van der Waals surface area contributed by atoms with Crippen molar-refractivity contribution in [2.24, 2.45) is 0 Å². The highest BCUT2D eigenvalue weighted by atomic mass is 19.1. The molecule has 1 aromatic heterocycles. The number of hydrogen-bond donors (Lipinski definition) is 1. The number of amides is 2. The molecule has 1 aliphatic carbocycles. The molecule has 170 valence electrons. The molecule has 5 nitrogen and oxygen atoms in total. The van der Waals surface area contributed by atoms with Crippen molar-refractivity contribution in [1.82, 2.24) is 10.3 Å². The second kappa shape index (κ2) is 10.4. The summed E-state index contributed by atoms with van der Waals surface area (Å²) in [5, 5.41) is 3.17. The van der Waals surface area contributed by atoms with Crippen molar-refractivity contribution in [3.63, 3.8) is 0 Å². The Morgan fingerprint density at radius 3 is 2.45 bits per heavy atom. The Balaban J connectivity index is 1.82. The molecule has 33 heavy (non-hydrogen) atoms. The Labute approximate surface area is 193 Å². The number of benzene rings is 2. The van der Waals surface area contributed by atoms with Gasteiger partial charge in [0.15, 0.2) is 0 Å². The minimum atomic E-state index is -0.968. The van der Waals surface area contributed by atoms with Crippen LogP contribution >= 0.6 is 0 Å². The number of carbonyl (C=O) groups excluding carboxylic acids is 2. The van der Waals surface area contributed by atoms with E-state index in [2.05, 4.69) is 10.3 Å². The zero-order valence-corrected chi connectivity index (χ0v) is 18.7. The maximum atomic E-state index is 14.3. The van der Waals surface area contributed by atoms with Gasteiger partial charge < -0.3 is 5.32 Å². The van der Waals surface area contributed by atoms with Crippen LogP contribution in [0.2, 0.25) is 0 Å². The van der Waals surface area contributed by atoms with E-state index in [1.807, 2.05) is 31.2 Å². The topological polar surface area (TPSA) is 62.3 Å². The van der Waals surface area contributed by atoms with Crippen LogP contribution in [-0.4, -0.2) is 22.8 Å². The molecule has 2 aromatic carbocycles. The van der Waals surface area contributed by atoms with Crippen LogP contribution in [0.1, 0.15) is 59.8 Å². The molecule has 6 heteroatoms. The third-order valence-electron chi connectivity index (χ3n) is 6.13. The Kier molecular flexibility index (Phi) is 7.13. The molecule has 0 bridgehead atoms. The SMILES string of the molecule is Cc1ccccc1[C@H](C(=O)NC1CCCCC1)N(C(=O)c1ccccn1)c1cccc(F)c1. The lowest BCUT2D eigenvalue weighted by atomic mass is 9.93. The molecule has 1 fully saturated rings. The van der Waals surface area contributed by atoms with E-state index >= 15 is 0 Å². The standard InChI is InChI=1S/C27H28FN3O2/c1-19-10-5-6-15-23(19)25(26(32)30-21-12-3-2-4-13-21)31(22-14-9-11-20(28)18-22)27(33)24-16-7-8-17-29-24/h5-11,14-18,21,25H,2-4,12-13H2,1H3,(H,30,32)/t25-/m1/s1. The van der Waals surface area contributed by atoms with Crippen molar-refractivity contribution in [2.45, 2.75) is 51.1 Å². The summed E-state index contributed by atoms with van der Waals surface area (Å²) < 4.78 is 14.3. The Hall–Kier alpha value is -3.54. The van der Waals surface area contributed by atoms with E-state index in [1.54, 1.807) is 24.3 Å². The third kappa shape index (κ3) is 5.28. The summed E-state index contributed by atoms with van der Waals surface area (Å²) in [5.41, 5.74) is 2.05. The van der Waals surface area contributed by atoms with E-state index in [-0.39, 0.29) is 17.6 Å². The molecule has 0 aliphatic heterocycles. The molecule has 0 unspecified atom stereocenters. The lowest BCUT2D eigenvalue weighted by Crippen LogP contribution is -2.47. The number of aryl methyl sites for hydroxylation is 1.